The first-order valence-electron chi connectivity index (χ1n) is 5.62. The van der Waals surface area contributed by atoms with E-state index < -0.39 is 12.5 Å². The van der Waals surface area contributed by atoms with E-state index in [-0.39, 0.29) is 120 Å². The van der Waals surface area contributed by atoms with Gasteiger partial charge in [-0.25, -0.2) is 0 Å². The fourth-order valence-electron chi connectivity index (χ4n) is 1.29. The molecule has 114 valence electrons. The van der Waals surface area contributed by atoms with Crippen LogP contribution in [0.25, 0.3) is 0 Å². The van der Waals surface area contributed by atoms with Crippen LogP contribution < -0.4 is 122 Å². The molecule has 1 fully saturated rings. The number of carbonyl (C=O) groups is 1. The van der Waals surface area contributed by atoms with Gasteiger partial charge < -0.3 is 24.5 Å². The summed E-state index contributed by atoms with van der Waals surface area (Å²) < 4.78 is 45.2. The van der Waals surface area contributed by atoms with Gasteiger partial charge in [0.2, 0.25) is 0 Å². The number of rotatable bonds is 3. The first-order chi connectivity index (χ1) is 9.71. The van der Waals surface area contributed by atoms with E-state index in [9.17, 15) is 13.2 Å². The molecule has 1 aliphatic carbocycles. The Labute approximate surface area is 215 Å². The maximum Gasteiger partial charge on any atom is 1.00 e. The average molecular weight is 380 g/mol. The molecule has 1 aromatic carbocycles. The second kappa shape index (κ2) is 12.1. The first kappa shape index (κ1) is 25.9. The number of halogens is 3. The van der Waals surface area contributed by atoms with Crippen molar-refractivity contribution in [3.05, 3.63) is 23.8 Å². The van der Waals surface area contributed by atoms with Crippen LogP contribution in [-0.2, 0) is 0 Å². The van der Waals surface area contributed by atoms with Crippen LogP contribution in [0.1, 0.15) is 18.4 Å². The van der Waals surface area contributed by atoms with Crippen LogP contribution in [0.4, 0.5) is 18.0 Å². The number of benzene rings is 1. The molecule has 0 N–H and O–H groups in total. The number of alkyl halides is 3. The van der Waals surface area contributed by atoms with Crippen LogP contribution in [0.3, 0.4) is 0 Å². The fourth-order valence-corrected chi connectivity index (χ4v) is 1.29. The third-order valence-electron chi connectivity index (χ3n) is 2.16. The van der Waals surface area contributed by atoms with Gasteiger partial charge in [-0.15, -0.1) is 19.6 Å². The molecule has 0 unspecified atom stereocenters. The summed E-state index contributed by atoms with van der Waals surface area (Å²) in [4.78, 5) is 8.33. The summed E-state index contributed by atoms with van der Waals surface area (Å²) in [5.41, 5.74) is 0.263. The summed E-state index contributed by atoms with van der Waals surface area (Å²) in [6, 6.07) is 3.73. The molecule has 0 atom stereocenters. The largest absolute Gasteiger partial charge is 1.00 e. The van der Waals surface area contributed by atoms with E-state index in [0.717, 1.165) is 18.9 Å². The molecule has 0 saturated heterocycles. The van der Waals surface area contributed by atoms with Gasteiger partial charge in [-0.3, -0.25) is 0 Å². The summed E-state index contributed by atoms with van der Waals surface area (Å²) in [6.07, 6.45) is 0.196. The number of carboxylic acid groups (broad SMARTS) is 2. The second-order valence-electron chi connectivity index (χ2n) is 3.92. The minimum atomic E-state index is -4.72. The van der Waals surface area contributed by atoms with Gasteiger partial charge in [0, 0.05) is 0 Å². The number of hydrogen-bond acceptors (Lipinski definition) is 5. The summed E-state index contributed by atoms with van der Waals surface area (Å²) >= 11 is 0. The van der Waals surface area contributed by atoms with E-state index >= 15 is 0 Å². The van der Waals surface area contributed by atoms with Crippen LogP contribution in [-0.4, -0.2) is 18.6 Å². The molecule has 10 heteroatoms. The van der Waals surface area contributed by atoms with Gasteiger partial charge >= 0.3 is 109 Å². The van der Waals surface area contributed by atoms with Crippen molar-refractivity contribution in [2.45, 2.75) is 25.3 Å². The predicted molar refractivity (Wildman–Crippen MR) is 60.1 cm³/mol. The molecule has 0 amide bonds. The Kier molecular flexibility index (Phi) is 13.7. The van der Waals surface area contributed by atoms with Gasteiger partial charge in [-0.1, -0.05) is 5.92 Å². The molecule has 23 heavy (non-hydrogen) atoms. The standard InChI is InChI=1S/C12H9F3O2.CH2O3.2K/c1-2-8-7-10(17-12(13,14)15)5-6-11(8)16-9-3-4-9;2-1(3)4;;/h1,5-7,9H,3-4H2;(H2,2,3,4);;/q;;2*+1/p-2. The van der Waals surface area contributed by atoms with Gasteiger partial charge in [0.25, 0.3) is 0 Å². The van der Waals surface area contributed by atoms with Crippen molar-refractivity contribution in [1.29, 1.82) is 0 Å². The van der Waals surface area contributed by atoms with Crippen molar-refractivity contribution in [1.82, 2.24) is 0 Å². The number of hydrogen-bond donors (Lipinski definition) is 0. The molecule has 0 aromatic heterocycles. The van der Waals surface area contributed by atoms with E-state index in [4.69, 9.17) is 26.2 Å². The predicted octanol–water partition coefficient (Wildman–Crippen LogP) is -5.33. The Bertz CT molecular complexity index is 550. The SMILES string of the molecule is C#Cc1cc(OC(F)(F)F)ccc1OC1CC1.O=C([O-])[O-].[K+].[K+]. The average Bonchev–Trinajstić information content (AvgIpc) is 3.12. The maximum absolute atomic E-state index is 12.0. The third-order valence-corrected chi connectivity index (χ3v) is 2.16. The van der Waals surface area contributed by atoms with Crippen molar-refractivity contribution in [2.75, 3.05) is 0 Å². The maximum atomic E-state index is 12.0. The van der Waals surface area contributed by atoms with E-state index in [0.29, 0.717) is 5.75 Å². The van der Waals surface area contributed by atoms with Gasteiger partial charge in [0.1, 0.15) is 11.5 Å². The Morgan fingerprint density at radius 1 is 1.26 bits per heavy atom. The summed E-state index contributed by atoms with van der Waals surface area (Å²) in [6.45, 7) is 0. The molecule has 0 radical (unpaired) electrons. The molecule has 5 nitrogen and oxygen atoms in total. The fraction of sp³-hybridized carbons (Fsp3) is 0.308. The molecule has 0 bridgehead atoms. The molecule has 0 spiro atoms. The Hall–Kier alpha value is 0.713. The van der Waals surface area contributed by atoms with E-state index in [1.165, 1.54) is 12.1 Å². The normalized spacial score (nSPS) is 12.3. The number of ether oxygens (including phenoxy) is 2. The molecular weight excluding hydrogens is 371 g/mol. The molecule has 2 rings (SSSR count). The number of carbonyl (C=O) groups excluding carboxylic acids is 1. The van der Waals surface area contributed by atoms with Gasteiger partial charge in [0.15, 0.2) is 0 Å². The Morgan fingerprint density at radius 3 is 2.17 bits per heavy atom. The molecule has 1 aromatic rings. The zero-order chi connectivity index (χ0) is 16.0. The van der Waals surface area contributed by atoms with Crippen molar-refractivity contribution in [3.63, 3.8) is 0 Å². The Balaban J connectivity index is 0. The van der Waals surface area contributed by atoms with E-state index in [2.05, 4.69) is 10.7 Å². The molecule has 0 aliphatic heterocycles. The topological polar surface area (TPSA) is 81.7 Å². The van der Waals surface area contributed by atoms with Crippen molar-refractivity contribution in [2.24, 2.45) is 0 Å². The molecular formula is C13H9F3K2O5. The van der Waals surface area contributed by atoms with E-state index in [1.807, 2.05) is 0 Å². The summed E-state index contributed by atoms with van der Waals surface area (Å²) in [7, 11) is 0. The minimum Gasteiger partial charge on any atom is -0.652 e. The van der Waals surface area contributed by atoms with Crippen LogP contribution in [0.2, 0.25) is 0 Å². The molecule has 1 aliphatic rings. The van der Waals surface area contributed by atoms with Gasteiger partial charge in [-0.2, -0.15) is 0 Å². The third kappa shape index (κ3) is 12.7. The van der Waals surface area contributed by atoms with Crippen molar-refractivity contribution in [3.8, 4) is 23.8 Å². The van der Waals surface area contributed by atoms with Crippen LogP contribution in [0.15, 0.2) is 18.2 Å². The summed E-state index contributed by atoms with van der Waals surface area (Å²) in [5, 5.41) is 16.7. The second-order valence-corrected chi connectivity index (χ2v) is 3.92. The van der Waals surface area contributed by atoms with Crippen LogP contribution in [0.5, 0.6) is 11.5 Å². The quantitative estimate of drug-likeness (QED) is 0.387. The van der Waals surface area contributed by atoms with Crippen LogP contribution in [0, 0.1) is 12.3 Å². The van der Waals surface area contributed by atoms with Crippen molar-refractivity contribution >= 4 is 6.16 Å². The minimum absolute atomic E-state index is 0. The first-order valence-corrected chi connectivity index (χ1v) is 5.62. The zero-order valence-corrected chi connectivity index (χ0v) is 18.7. The molecule has 0 heterocycles. The van der Waals surface area contributed by atoms with E-state index in [1.54, 1.807) is 0 Å². The Morgan fingerprint density at radius 2 is 1.78 bits per heavy atom. The monoisotopic (exact) mass is 380 g/mol. The van der Waals surface area contributed by atoms with Gasteiger partial charge in [0.05, 0.1) is 11.7 Å². The van der Waals surface area contributed by atoms with Gasteiger partial charge in [-0.05, 0) is 37.2 Å². The van der Waals surface area contributed by atoms with Crippen LogP contribution >= 0.6 is 0 Å². The smallest absolute Gasteiger partial charge is 0.652 e. The summed E-state index contributed by atoms with van der Waals surface area (Å²) in [5.74, 6) is 2.36. The van der Waals surface area contributed by atoms with Crippen molar-refractivity contribution < 1.29 is 140 Å². The zero-order valence-electron chi connectivity index (χ0n) is 12.5. The number of terminal acetylenes is 1. The molecule has 1 saturated carbocycles.